The molecule has 4 N–H and O–H groups in total. The Bertz CT molecular complexity index is 1180. The van der Waals surface area contributed by atoms with Crippen LogP contribution in [0.5, 0.6) is 0 Å². The lowest BCUT2D eigenvalue weighted by Crippen LogP contribution is -2.59. The summed E-state index contributed by atoms with van der Waals surface area (Å²) in [6, 6.07) is 3.14. The van der Waals surface area contributed by atoms with Crippen molar-refractivity contribution in [3.63, 3.8) is 0 Å². The van der Waals surface area contributed by atoms with E-state index in [9.17, 15) is 22.8 Å². The van der Waals surface area contributed by atoms with E-state index in [0.29, 0.717) is 16.8 Å². The number of aryl methyl sites for hydroxylation is 1. The van der Waals surface area contributed by atoms with Gasteiger partial charge in [0.15, 0.2) is 0 Å². The van der Waals surface area contributed by atoms with Crippen molar-refractivity contribution >= 4 is 11.7 Å². The molecule has 0 bridgehead atoms. The lowest BCUT2D eigenvalue weighted by molar-refractivity contribution is -0.178. The van der Waals surface area contributed by atoms with Gasteiger partial charge in [0.25, 0.3) is 5.56 Å². The number of nitrogens with zero attached hydrogens (tertiary/aromatic N) is 1. The van der Waals surface area contributed by atoms with Gasteiger partial charge in [-0.15, -0.1) is 0 Å². The summed E-state index contributed by atoms with van der Waals surface area (Å²) in [6.45, 7) is 1.19. The molecule has 1 aliphatic heterocycles. The highest BCUT2D eigenvalue weighted by Crippen LogP contribution is 2.44. The molecular formula is C21H19F3N4O3. The van der Waals surface area contributed by atoms with E-state index >= 15 is 0 Å². The van der Waals surface area contributed by atoms with Crippen molar-refractivity contribution in [3.8, 4) is 11.8 Å². The topological polar surface area (TPSA) is 107 Å². The fourth-order valence-corrected chi connectivity index (χ4v) is 3.51. The van der Waals surface area contributed by atoms with Gasteiger partial charge >= 0.3 is 12.2 Å². The maximum absolute atomic E-state index is 14.1. The van der Waals surface area contributed by atoms with Crippen LogP contribution in [-0.2, 0) is 18.6 Å². The minimum Gasteiger partial charge on any atom is -0.388 e. The minimum atomic E-state index is -4.83. The van der Waals surface area contributed by atoms with Crippen LogP contribution < -0.4 is 16.2 Å². The summed E-state index contributed by atoms with van der Waals surface area (Å²) in [6.07, 6.45) is -3.25. The second kappa shape index (κ2) is 7.42. The first-order valence-corrected chi connectivity index (χ1v) is 9.64. The molecule has 1 aromatic carbocycles. The molecule has 1 aliphatic carbocycles. The second-order valence-corrected chi connectivity index (χ2v) is 7.66. The van der Waals surface area contributed by atoms with Crippen LogP contribution in [-0.4, -0.2) is 27.3 Å². The number of amides is 2. The average molecular weight is 432 g/mol. The van der Waals surface area contributed by atoms with Crippen molar-refractivity contribution in [2.75, 3.05) is 5.32 Å². The van der Waals surface area contributed by atoms with E-state index in [0.717, 1.165) is 12.8 Å². The Hall–Kier alpha value is -3.32. The molecule has 162 valence electrons. The summed E-state index contributed by atoms with van der Waals surface area (Å²) in [5.41, 5.74) is -2.24. The first kappa shape index (κ1) is 20.9. The third-order valence-electron chi connectivity index (χ3n) is 5.31. The van der Waals surface area contributed by atoms with E-state index in [1.807, 2.05) is 5.32 Å². The van der Waals surface area contributed by atoms with Gasteiger partial charge in [-0.05, 0) is 31.4 Å². The van der Waals surface area contributed by atoms with Crippen molar-refractivity contribution in [2.24, 2.45) is 5.92 Å². The monoisotopic (exact) mass is 432 g/mol. The molecule has 1 aromatic heterocycles. The number of hydrogen-bond acceptors (Lipinski definition) is 4. The number of rotatable bonds is 3. The molecule has 31 heavy (non-hydrogen) atoms. The van der Waals surface area contributed by atoms with Gasteiger partial charge in [0, 0.05) is 34.8 Å². The zero-order chi connectivity index (χ0) is 22.4. The van der Waals surface area contributed by atoms with Gasteiger partial charge in [0.05, 0.1) is 0 Å². The summed E-state index contributed by atoms with van der Waals surface area (Å²) < 4.78 is 42.4. The molecule has 1 saturated carbocycles. The third-order valence-corrected chi connectivity index (χ3v) is 5.31. The van der Waals surface area contributed by atoms with Gasteiger partial charge in [-0.3, -0.25) is 4.79 Å². The molecule has 2 heterocycles. The fourth-order valence-electron chi connectivity index (χ4n) is 3.51. The lowest BCUT2D eigenvalue weighted by atomic mass is 9.85. The molecule has 2 aliphatic rings. The van der Waals surface area contributed by atoms with Crippen LogP contribution in [0.1, 0.15) is 41.1 Å². The van der Waals surface area contributed by atoms with Crippen molar-refractivity contribution in [1.29, 1.82) is 0 Å². The number of aliphatic hydroxyl groups is 1. The maximum Gasteiger partial charge on any atom is 0.427 e. The number of aromatic amines is 1. The predicted octanol–water partition coefficient (Wildman–Crippen LogP) is 2.47. The summed E-state index contributed by atoms with van der Waals surface area (Å²) in [7, 11) is 0. The molecule has 1 atom stereocenters. The molecule has 4 rings (SSSR count). The van der Waals surface area contributed by atoms with Crippen molar-refractivity contribution < 1.29 is 23.1 Å². The molecule has 7 nitrogen and oxygen atoms in total. The van der Waals surface area contributed by atoms with Crippen LogP contribution in [0.4, 0.5) is 23.7 Å². The molecule has 0 radical (unpaired) electrons. The van der Waals surface area contributed by atoms with E-state index in [2.05, 4.69) is 27.1 Å². The molecule has 1 fully saturated rings. The SMILES string of the molecule is Cc1nc(CO)[nH]c(=O)c1Cc1ccc2c(c1)NC(=O)N[C@]2(C#CC1CC1)C(F)(F)F. The van der Waals surface area contributed by atoms with Crippen molar-refractivity contribution in [2.45, 2.75) is 44.5 Å². The Morgan fingerprint density at radius 1 is 1.29 bits per heavy atom. The van der Waals surface area contributed by atoms with Crippen molar-refractivity contribution in [1.82, 2.24) is 15.3 Å². The van der Waals surface area contributed by atoms with Crippen molar-refractivity contribution in [3.05, 3.63) is 56.8 Å². The molecule has 0 spiro atoms. The quantitative estimate of drug-likeness (QED) is 0.559. The van der Waals surface area contributed by atoms with Gasteiger partial charge in [0.2, 0.25) is 5.54 Å². The number of alkyl halides is 3. The van der Waals surface area contributed by atoms with Gasteiger partial charge in [-0.1, -0.05) is 24.0 Å². The van der Waals surface area contributed by atoms with E-state index in [4.69, 9.17) is 5.11 Å². The van der Waals surface area contributed by atoms with Crippen LogP contribution in [0.2, 0.25) is 0 Å². The number of halogens is 3. The Morgan fingerprint density at radius 3 is 2.65 bits per heavy atom. The number of nitrogens with one attached hydrogen (secondary N) is 3. The number of fused-ring (bicyclic) bond motifs is 1. The molecule has 0 saturated heterocycles. The molecule has 2 amide bonds. The van der Waals surface area contributed by atoms with Gasteiger partial charge in [-0.2, -0.15) is 13.2 Å². The number of carbonyl (C=O) groups excluding carboxylic acids is 1. The molecule has 2 aromatic rings. The molecule has 0 unspecified atom stereocenters. The number of anilines is 1. The summed E-state index contributed by atoms with van der Waals surface area (Å²) in [5.74, 6) is 4.96. The van der Waals surface area contributed by atoms with Crippen LogP contribution >= 0.6 is 0 Å². The van der Waals surface area contributed by atoms with Crippen LogP contribution in [0.15, 0.2) is 23.0 Å². The number of hydrogen-bond donors (Lipinski definition) is 4. The predicted molar refractivity (Wildman–Crippen MR) is 105 cm³/mol. The minimum absolute atomic E-state index is 0.0160. The molecular weight excluding hydrogens is 413 g/mol. The van der Waals surface area contributed by atoms with E-state index < -0.39 is 29.9 Å². The fraction of sp³-hybridized carbons (Fsp3) is 0.381. The highest BCUT2D eigenvalue weighted by atomic mass is 19.4. The highest BCUT2D eigenvalue weighted by molar-refractivity contribution is 5.95. The van der Waals surface area contributed by atoms with E-state index in [1.165, 1.54) is 18.2 Å². The lowest BCUT2D eigenvalue weighted by Gasteiger charge is -2.37. The first-order valence-electron chi connectivity index (χ1n) is 9.64. The standard InChI is InChI=1S/C21H19F3N4O3/c1-11-14(18(30)27-17(10-29)25-11)8-13-4-5-15-16(9-13)26-19(31)28-20(15,21(22,23)24)7-6-12-2-3-12/h4-5,9,12,29H,2-3,8,10H2,1H3,(H,25,27,30)(H2,26,28,31)/t20-/m0/s1. The Kier molecular flexibility index (Phi) is 5.01. The zero-order valence-corrected chi connectivity index (χ0v) is 16.5. The highest BCUT2D eigenvalue weighted by Gasteiger charge is 2.59. The van der Waals surface area contributed by atoms with Crippen LogP contribution in [0.3, 0.4) is 0 Å². The van der Waals surface area contributed by atoms with Gasteiger partial charge in [0.1, 0.15) is 12.4 Å². The largest absolute Gasteiger partial charge is 0.427 e. The Labute approximate surface area is 175 Å². The van der Waals surface area contributed by atoms with Crippen LogP contribution in [0.25, 0.3) is 0 Å². The number of benzene rings is 1. The molecule has 10 heteroatoms. The summed E-state index contributed by atoms with van der Waals surface area (Å²) >= 11 is 0. The van der Waals surface area contributed by atoms with Gasteiger partial charge in [-0.25, -0.2) is 9.78 Å². The number of urea groups is 1. The number of aromatic nitrogens is 2. The number of carbonyl (C=O) groups is 1. The zero-order valence-electron chi connectivity index (χ0n) is 16.5. The maximum atomic E-state index is 14.1. The second-order valence-electron chi connectivity index (χ2n) is 7.66. The smallest absolute Gasteiger partial charge is 0.388 e. The summed E-state index contributed by atoms with van der Waals surface area (Å²) in [5, 5.41) is 13.5. The first-order chi connectivity index (χ1) is 14.6. The number of aliphatic hydroxyl groups excluding tert-OH is 1. The summed E-state index contributed by atoms with van der Waals surface area (Å²) in [4.78, 5) is 31.0. The Balaban J connectivity index is 1.76. The normalized spacial score (nSPS) is 20.2. The van der Waals surface area contributed by atoms with Gasteiger partial charge < -0.3 is 20.7 Å². The van der Waals surface area contributed by atoms with E-state index in [1.54, 1.807) is 6.92 Å². The van der Waals surface area contributed by atoms with Crippen LogP contribution in [0, 0.1) is 24.7 Å². The van der Waals surface area contributed by atoms with E-state index in [-0.39, 0.29) is 29.4 Å². The average Bonchev–Trinajstić information content (AvgIpc) is 3.52. The third kappa shape index (κ3) is 3.88. The number of H-pyrrole nitrogens is 1. The Morgan fingerprint density at radius 2 is 2.03 bits per heavy atom.